The van der Waals surface area contributed by atoms with Gasteiger partial charge < -0.3 is 25.7 Å². The number of ether oxygens (including phenoxy) is 3. The largest absolute Gasteiger partial charge is 0.484 e. The predicted molar refractivity (Wildman–Crippen MR) is 64.1 cm³/mol. The van der Waals surface area contributed by atoms with Crippen molar-refractivity contribution in [2.24, 2.45) is 11.5 Å². The minimum Gasteiger partial charge on any atom is -0.484 e. The molecule has 2 amide bonds. The van der Waals surface area contributed by atoms with Crippen LogP contribution in [-0.2, 0) is 9.47 Å². The molecule has 0 bridgehead atoms. The zero-order chi connectivity index (χ0) is 13.8. The fourth-order valence-electron chi connectivity index (χ4n) is 1.57. The van der Waals surface area contributed by atoms with E-state index in [9.17, 15) is 9.59 Å². The van der Waals surface area contributed by atoms with Gasteiger partial charge in [-0.05, 0) is 12.1 Å². The Hall–Kier alpha value is -2.70. The third kappa shape index (κ3) is 2.76. The Morgan fingerprint density at radius 1 is 1.21 bits per heavy atom. The fraction of sp³-hybridized carbons (Fsp3) is 0.167. The molecule has 1 heterocycles. The van der Waals surface area contributed by atoms with Crippen LogP contribution in [0.3, 0.4) is 0 Å². The van der Waals surface area contributed by atoms with Crippen molar-refractivity contribution in [3.63, 3.8) is 0 Å². The van der Waals surface area contributed by atoms with Gasteiger partial charge in [-0.3, -0.25) is 9.59 Å². The molecule has 0 aliphatic carbocycles. The predicted octanol–water partition coefficient (Wildman–Crippen LogP) is 0.109. The summed E-state index contributed by atoms with van der Waals surface area (Å²) in [7, 11) is 0. The second-order valence-corrected chi connectivity index (χ2v) is 3.71. The van der Waals surface area contributed by atoms with E-state index in [4.69, 9.17) is 25.7 Å². The van der Waals surface area contributed by atoms with Crippen LogP contribution in [-0.4, -0.2) is 25.2 Å². The standard InChI is InChI=1S/C12H12N2O5/c13-11(15)8-2-1-3-9(12(14)16)10(8)18-5-7-4-17-6-19-7/h1-4H,5-6H2,(H2,13,15)(H2,14,16). The molecule has 0 unspecified atom stereocenters. The molecule has 0 saturated carbocycles. The van der Waals surface area contributed by atoms with Gasteiger partial charge in [-0.25, -0.2) is 0 Å². The Bertz CT molecular complexity index is 521. The van der Waals surface area contributed by atoms with Crippen LogP contribution in [0.4, 0.5) is 0 Å². The molecule has 1 aromatic carbocycles. The van der Waals surface area contributed by atoms with Crippen LogP contribution in [0.25, 0.3) is 0 Å². The van der Waals surface area contributed by atoms with Gasteiger partial charge >= 0.3 is 0 Å². The molecular weight excluding hydrogens is 252 g/mol. The molecule has 1 aliphatic heterocycles. The van der Waals surface area contributed by atoms with Crippen LogP contribution in [0.15, 0.2) is 30.2 Å². The quantitative estimate of drug-likeness (QED) is 0.783. The summed E-state index contributed by atoms with van der Waals surface area (Å²) in [5.74, 6) is -0.945. The number of hydrogen-bond acceptors (Lipinski definition) is 5. The number of carbonyl (C=O) groups is 2. The molecule has 1 aromatic rings. The number of nitrogens with two attached hydrogens (primary N) is 2. The van der Waals surface area contributed by atoms with Crippen LogP contribution in [0, 0.1) is 0 Å². The van der Waals surface area contributed by atoms with E-state index in [1.54, 1.807) is 0 Å². The van der Waals surface area contributed by atoms with Crippen molar-refractivity contribution in [1.29, 1.82) is 0 Å². The van der Waals surface area contributed by atoms with Crippen LogP contribution in [0.2, 0.25) is 0 Å². The van der Waals surface area contributed by atoms with E-state index in [1.807, 2.05) is 0 Å². The number of amides is 2. The first-order valence-corrected chi connectivity index (χ1v) is 5.38. The Labute approximate surface area is 108 Å². The van der Waals surface area contributed by atoms with Crippen LogP contribution in [0.5, 0.6) is 5.75 Å². The van der Waals surface area contributed by atoms with Gasteiger partial charge in [0.1, 0.15) is 18.6 Å². The smallest absolute Gasteiger partial charge is 0.252 e. The van der Waals surface area contributed by atoms with E-state index < -0.39 is 11.8 Å². The van der Waals surface area contributed by atoms with Crippen molar-refractivity contribution in [3.8, 4) is 5.75 Å². The molecule has 0 saturated heterocycles. The second kappa shape index (κ2) is 5.30. The molecule has 0 spiro atoms. The molecular formula is C12H12N2O5. The molecule has 7 heteroatoms. The summed E-state index contributed by atoms with van der Waals surface area (Å²) in [6.07, 6.45) is 1.39. The number of benzene rings is 1. The van der Waals surface area contributed by atoms with Crippen molar-refractivity contribution in [2.75, 3.05) is 13.4 Å². The summed E-state index contributed by atoms with van der Waals surface area (Å²) in [6.45, 7) is 0.114. The number of hydrogen-bond donors (Lipinski definition) is 2. The van der Waals surface area contributed by atoms with Crippen LogP contribution in [0.1, 0.15) is 20.7 Å². The number of rotatable bonds is 5. The van der Waals surface area contributed by atoms with Crippen molar-refractivity contribution < 1.29 is 23.8 Å². The van der Waals surface area contributed by atoms with Gasteiger partial charge in [0.2, 0.25) is 6.79 Å². The van der Waals surface area contributed by atoms with Gasteiger partial charge in [-0.2, -0.15) is 0 Å². The molecule has 0 radical (unpaired) electrons. The third-order valence-corrected chi connectivity index (χ3v) is 2.43. The topological polar surface area (TPSA) is 114 Å². The first-order valence-electron chi connectivity index (χ1n) is 5.38. The molecule has 2 rings (SSSR count). The lowest BCUT2D eigenvalue weighted by atomic mass is 10.1. The summed E-state index contributed by atoms with van der Waals surface area (Å²) < 4.78 is 15.3. The first kappa shape index (κ1) is 12.7. The Balaban J connectivity index is 2.29. The third-order valence-electron chi connectivity index (χ3n) is 2.43. The van der Waals surface area contributed by atoms with Gasteiger partial charge in [0, 0.05) is 0 Å². The van der Waals surface area contributed by atoms with E-state index in [2.05, 4.69) is 0 Å². The maximum atomic E-state index is 11.3. The highest BCUT2D eigenvalue weighted by Crippen LogP contribution is 2.24. The minimum absolute atomic E-state index is 0.00454. The molecule has 7 nitrogen and oxygen atoms in total. The fourth-order valence-corrected chi connectivity index (χ4v) is 1.57. The van der Waals surface area contributed by atoms with E-state index in [1.165, 1.54) is 24.5 Å². The molecule has 19 heavy (non-hydrogen) atoms. The summed E-state index contributed by atoms with van der Waals surface area (Å²) in [5, 5.41) is 0. The van der Waals surface area contributed by atoms with Crippen molar-refractivity contribution in [3.05, 3.63) is 41.3 Å². The van der Waals surface area contributed by atoms with Crippen LogP contribution >= 0.6 is 0 Å². The summed E-state index contributed by atoms with van der Waals surface area (Å²) in [6, 6.07) is 4.40. The van der Waals surface area contributed by atoms with Gasteiger partial charge in [-0.15, -0.1) is 0 Å². The zero-order valence-corrected chi connectivity index (χ0v) is 9.92. The van der Waals surface area contributed by atoms with E-state index >= 15 is 0 Å². The average molecular weight is 264 g/mol. The lowest BCUT2D eigenvalue weighted by Crippen LogP contribution is -2.19. The monoisotopic (exact) mass is 264 g/mol. The summed E-state index contributed by atoms with van der Waals surface area (Å²) in [4.78, 5) is 22.6. The maximum absolute atomic E-state index is 11.3. The van der Waals surface area contributed by atoms with Crippen molar-refractivity contribution >= 4 is 11.8 Å². The van der Waals surface area contributed by atoms with E-state index in [0.29, 0.717) is 5.76 Å². The molecule has 0 fully saturated rings. The SMILES string of the molecule is NC(=O)c1cccc(C(N)=O)c1OCC1=COCO1. The maximum Gasteiger partial charge on any atom is 0.252 e. The minimum atomic E-state index is -0.712. The van der Waals surface area contributed by atoms with Crippen LogP contribution < -0.4 is 16.2 Å². The lowest BCUT2D eigenvalue weighted by molar-refractivity contribution is 0.0708. The van der Waals surface area contributed by atoms with Crippen molar-refractivity contribution in [2.45, 2.75) is 0 Å². The highest BCUT2D eigenvalue weighted by atomic mass is 16.7. The average Bonchev–Trinajstić information content (AvgIpc) is 2.88. The first-order chi connectivity index (χ1) is 9.09. The Morgan fingerprint density at radius 2 is 1.84 bits per heavy atom. The van der Waals surface area contributed by atoms with Gasteiger partial charge in [0.05, 0.1) is 11.1 Å². The summed E-state index contributed by atoms with van der Waals surface area (Å²) in [5.41, 5.74) is 10.6. The van der Waals surface area contributed by atoms with Gasteiger partial charge in [0.15, 0.2) is 5.76 Å². The summed E-state index contributed by atoms with van der Waals surface area (Å²) >= 11 is 0. The number of primary amides is 2. The molecule has 4 N–H and O–H groups in total. The second-order valence-electron chi connectivity index (χ2n) is 3.71. The molecule has 100 valence electrons. The van der Waals surface area contributed by atoms with Gasteiger partial charge in [0.25, 0.3) is 11.8 Å². The lowest BCUT2D eigenvalue weighted by Gasteiger charge is -2.12. The zero-order valence-electron chi connectivity index (χ0n) is 9.92. The highest BCUT2D eigenvalue weighted by molar-refractivity contribution is 6.02. The highest BCUT2D eigenvalue weighted by Gasteiger charge is 2.18. The van der Waals surface area contributed by atoms with Crippen molar-refractivity contribution in [1.82, 2.24) is 0 Å². The van der Waals surface area contributed by atoms with E-state index in [-0.39, 0.29) is 30.3 Å². The normalized spacial score (nSPS) is 13.2. The molecule has 0 atom stereocenters. The Morgan fingerprint density at radius 3 is 2.32 bits per heavy atom. The number of carbonyl (C=O) groups excluding carboxylic acids is 2. The van der Waals surface area contributed by atoms with E-state index in [0.717, 1.165) is 0 Å². The molecule has 0 aromatic heterocycles. The number of para-hydroxylation sites is 1. The molecule has 1 aliphatic rings. The van der Waals surface area contributed by atoms with Gasteiger partial charge in [-0.1, -0.05) is 6.07 Å². The Kier molecular flexibility index (Phi) is 3.56.